The molecular formula is C11H12BrNO3. The Morgan fingerprint density at radius 2 is 2.31 bits per heavy atom. The number of carbonyl (C=O) groups is 1. The maximum absolute atomic E-state index is 11.6. The van der Waals surface area contributed by atoms with E-state index in [1.165, 1.54) is 0 Å². The van der Waals surface area contributed by atoms with Gasteiger partial charge in [-0.2, -0.15) is 0 Å². The second-order valence-electron chi connectivity index (χ2n) is 3.66. The molecule has 1 atom stereocenters. The highest BCUT2D eigenvalue weighted by atomic mass is 79.9. The predicted octanol–water partition coefficient (Wildman–Crippen LogP) is 1.56. The minimum absolute atomic E-state index is 0.0681. The molecule has 2 rings (SSSR count). The van der Waals surface area contributed by atoms with Gasteiger partial charge in [0.05, 0.1) is 36.3 Å². The lowest BCUT2D eigenvalue weighted by Crippen LogP contribution is -2.25. The first-order valence-electron chi connectivity index (χ1n) is 4.94. The Kier molecular flexibility index (Phi) is 3.16. The molecule has 1 unspecified atom stereocenters. The first kappa shape index (κ1) is 11.4. The Bertz CT molecular complexity index is 422. The van der Waals surface area contributed by atoms with Crippen molar-refractivity contribution in [1.82, 2.24) is 0 Å². The van der Waals surface area contributed by atoms with E-state index < -0.39 is 6.10 Å². The molecule has 4 nitrogen and oxygen atoms in total. The number of benzene rings is 1. The zero-order valence-corrected chi connectivity index (χ0v) is 10.4. The minimum atomic E-state index is -0.578. The van der Waals surface area contributed by atoms with Gasteiger partial charge in [0.25, 0.3) is 0 Å². The molecule has 1 aromatic carbocycles. The fraction of sp³-hybridized carbons (Fsp3) is 0.364. The standard InChI is InChI=1S/C11H12BrNO3/c1-16-9-4-2-3-8(11(9)12)13-6-7(14)5-10(13)15/h2-4,7,14H,5-6H2,1H3. The highest BCUT2D eigenvalue weighted by molar-refractivity contribution is 9.10. The molecule has 1 aliphatic rings. The topological polar surface area (TPSA) is 49.8 Å². The molecule has 0 bridgehead atoms. The number of halogens is 1. The number of hydrogen-bond acceptors (Lipinski definition) is 3. The predicted molar refractivity (Wildman–Crippen MR) is 63.7 cm³/mol. The molecule has 1 heterocycles. The van der Waals surface area contributed by atoms with Gasteiger partial charge in [-0.3, -0.25) is 4.79 Å². The van der Waals surface area contributed by atoms with E-state index in [1.807, 2.05) is 18.2 Å². The van der Waals surface area contributed by atoms with Crippen molar-refractivity contribution < 1.29 is 14.6 Å². The second kappa shape index (κ2) is 4.43. The maximum Gasteiger partial charge on any atom is 0.229 e. The quantitative estimate of drug-likeness (QED) is 0.897. The van der Waals surface area contributed by atoms with Crippen LogP contribution in [0.15, 0.2) is 22.7 Å². The molecule has 5 heteroatoms. The second-order valence-corrected chi connectivity index (χ2v) is 4.45. The van der Waals surface area contributed by atoms with Crippen LogP contribution in [0.2, 0.25) is 0 Å². The van der Waals surface area contributed by atoms with Crippen LogP contribution >= 0.6 is 15.9 Å². The van der Waals surface area contributed by atoms with Crippen LogP contribution in [0.4, 0.5) is 5.69 Å². The number of carbonyl (C=O) groups excluding carboxylic acids is 1. The lowest BCUT2D eigenvalue weighted by molar-refractivity contribution is -0.117. The average Bonchev–Trinajstić information content (AvgIpc) is 2.58. The summed E-state index contributed by atoms with van der Waals surface area (Å²) in [6, 6.07) is 5.45. The molecule has 0 aliphatic carbocycles. The summed E-state index contributed by atoms with van der Waals surface area (Å²) < 4.78 is 5.90. The molecule has 86 valence electrons. The Morgan fingerprint density at radius 1 is 1.56 bits per heavy atom. The van der Waals surface area contributed by atoms with Gasteiger partial charge >= 0.3 is 0 Å². The minimum Gasteiger partial charge on any atom is -0.495 e. The van der Waals surface area contributed by atoms with Gasteiger partial charge in [0, 0.05) is 0 Å². The van der Waals surface area contributed by atoms with Crippen molar-refractivity contribution in [3.05, 3.63) is 22.7 Å². The molecule has 1 aliphatic heterocycles. The molecular weight excluding hydrogens is 274 g/mol. The third-order valence-corrected chi connectivity index (χ3v) is 3.36. The summed E-state index contributed by atoms with van der Waals surface area (Å²) in [6.07, 6.45) is -0.394. The normalized spacial score (nSPS) is 20.3. The zero-order valence-electron chi connectivity index (χ0n) is 8.81. The molecule has 1 saturated heterocycles. The van der Waals surface area contributed by atoms with Crippen molar-refractivity contribution in [3.63, 3.8) is 0 Å². The van der Waals surface area contributed by atoms with E-state index in [-0.39, 0.29) is 12.3 Å². The average molecular weight is 286 g/mol. The van der Waals surface area contributed by atoms with Gasteiger partial charge in [-0.05, 0) is 28.1 Å². The fourth-order valence-corrected chi connectivity index (χ4v) is 2.43. The lowest BCUT2D eigenvalue weighted by atomic mass is 10.3. The first-order chi connectivity index (χ1) is 7.63. The first-order valence-corrected chi connectivity index (χ1v) is 5.73. The third kappa shape index (κ3) is 1.92. The summed E-state index contributed by atoms with van der Waals surface area (Å²) in [5.41, 5.74) is 0.737. The molecule has 1 N–H and O–H groups in total. The van der Waals surface area contributed by atoms with Crippen LogP contribution in [0, 0.1) is 0 Å². The van der Waals surface area contributed by atoms with E-state index in [0.717, 1.165) is 10.2 Å². The molecule has 1 amide bonds. The smallest absolute Gasteiger partial charge is 0.229 e. The number of rotatable bonds is 2. The monoisotopic (exact) mass is 285 g/mol. The summed E-state index contributed by atoms with van der Waals surface area (Å²) in [7, 11) is 1.57. The molecule has 0 radical (unpaired) electrons. The largest absolute Gasteiger partial charge is 0.495 e. The Labute approximate surface area is 102 Å². The van der Waals surface area contributed by atoms with E-state index in [0.29, 0.717) is 12.3 Å². The SMILES string of the molecule is COc1cccc(N2CC(O)CC2=O)c1Br. The highest BCUT2D eigenvalue weighted by Crippen LogP contribution is 2.36. The number of β-amino-alcohol motifs (C(OH)–C–C–N with tert-alkyl or cyclic N) is 1. The Hall–Kier alpha value is -1.07. The van der Waals surface area contributed by atoms with E-state index in [2.05, 4.69) is 15.9 Å². The van der Waals surface area contributed by atoms with Crippen LogP contribution in [0.1, 0.15) is 6.42 Å². The maximum atomic E-state index is 11.6. The van der Waals surface area contributed by atoms with Gasteiger partial charge < -0.3 is 14.7 Å². The van der Waals surface area contributed by atoms with Gasteiger partial charge in [-0.1, -0.05) is 6.07 Å². The van der Waals surface area contributed by atoms with Crippen molar-refractivity contribution in [2.24, 2.45) is 0 Å². The number of aliphatic hydroxyl groups is 1. The number of ether oxygens (including phenoxy) is 1. The summed E-state index contributed by atoms with van der Waals surface area (Å²) in [4.78, 5) is 13.2. The highest BCUT2D eigenvalue weighted by Gasteiger charge is 2.30. The van der Waals surface area contributed by atoms with Gasteiger partial charge in [-0.25, -0.2) is 0 Å². The van der Waals surface area contributed by atoms with E-state index in [4.69, 9.17) is 4.74 Å². The molecule has 0 aromatic heterocycles. The number of hydrogen-bond donors (Lipinski definition) is 1. The van der Waals surface area contributed by atoms with Gasteiger partial charge in [0.2, 0.25) is 5.91 Å². The van der Waals surface area contributed by atoms with Gasteiger partial charge in [0.1, 0.15) is 5.75 Å². The van der Waals surface area contributed by atoms with E-state index in [9.17, 15) is 9.90 Å². The Balaban J connectivity index is 2.37. The number of amides is 1. The molecule has 0 saturated carbocycles. The summed E-state index contributed by atoms with van der Waals surface area (Å²) in [6.45, 7) is 0.338. The zero-order chi connectivity index (χ0) is 11.7. The van der Waals surface area contributed by atoms with Crippen molar-refractivity contribution in [2.75, 3.05) is 18.6 Å². The third-order valence-electron chi connectivity index (χ3n) is 2.56. The van der Waals surface area contributed by atoms with Gasteiger partial charge in [-0.15, -0.1) is 0 Å². The number of nitrogens with zero attached hydrogens (tertiary/aromatic N) is 1. The lowest BCUT2D eigenvalue weighted by Gasteiger charge is -2.18. The van der Waals surface area contributed by atoms with Crippen molar-refractivity contribution >= 4 is 27.5 Å². The molecule has 1 fully saturated rings. The van der Waals surface area contributed by atoms with Crippen LogP contribution in [-0.4, -0.2) is 30.8 Å². The van der Waals surface area contributed by atoms with Crippen LogP contribution in [0.5, 0.6) is 5.75 Å². The van der Waals surface area contributed by atoms with Crippen LogP contribution in [0.3, 0.4) is 0 Å². The molecule has 1 aromatic rings. The summed E-state index contributed by atoms with van der Waals surface area (Å²) in [5.74, 6) is 0.605. The Morgan fingerprint density at radius 3 is 2.88 bits per heavy atom. The number of aliphatic hydroxyl groups excluding tert-OH is 1. The summed E-state index contributed by atoms with van der Waals surface area (Å²) >= 11 is 3.40. The van der Waals surface area contributed by atoms with E-state index in [1.54, 1.807) is 12.0 Å². The van der Waals surface area contributed by atoms with Crippen molar-refractivity contribution in [3.8, 4) is 5.75 Å². The van der Waals surface area contributed by atoms with Crippen LogP contribution in [-0.2, 0) is 4.79 Å². The van der Waals surface area contributed by atoms with Crippen molar-refractivity contribution in [1.29, 1.82) is 0 Å². The van der Waals surface area contributed by atoms with Crippen LogP contribution in [0.25, 0.3) is 0 Å². The number of methoxy groups -OCH3 is 1. The number of anilines is 1. The van der Waals surface area contributed by atoms with Crippen molar-refractivity contribution in [2.45, 2.75) is 12.5 Å². The summed E-state index contributed by atoms with van der Waals surface area (Å²) in [5, 5.41) is 9.44. The van der Waals surface area contributed by atoms with Crippen LogP contribution < -0.4 is 9.64 Å². The molecule has 0 spiro atoms. The van der Waals surface area contributed by atoms with E-state index >= 15 is 0 Å². The fourth-order valence-electron chi connectivity index (χ4n) is 1.79. The van der Waals surface area contributed by atoms with Gasteiger partial charge in [0.15, 0.2) is 0 Å². The molecule has 16 heavy (non-hydrogen) atoms.